The number of hydrogen-bond acceptors (Lipinski definition) is 0. The maximum absolute atomic E-state index is 6.61. The smallest absolute Gasteiger partial charge is 0.0492 e. The molecule has 0 atom stereocenters. The van der Waals surface area contributed by atoms with Gasteiger partial charge >= 0.3 is 0 Å². The molecule has 0 N–H and O–H groups in total. The Morgan fingerprint density at radius 1 is 0.682 bits per heavy atom. The van der Waals surface area contributed by atoms with E-state index in [4.69, 9.17) is 11.6 Å². The van der Waals surface area contributed by atoms with Gasteiger partial charge in [0.15, 0.2) is 0 Å². The first-order chi connectivity index (χ1) is 10.7. The predicted octanol–water partition coefficient (Wildman–Crippen LogP) is 4.72. The molecular formula is C20H18ClP. The molecule has 3 aromatic carbocycles. The van der Waals surface area contributed by atoms with E-state index >= 15 is 0 Å². The van der Waals surface area contributed by atoms with Gasteiger partial charge in [0.1, 0.15) is 0 Å². The van der Waals surface area contributed by atoms with E-state index in [1.807, 2.05) is 6.07 Å². The van der Waals surface area contributed by atoms with E-state index in [9.17, 15) is 0 Å². The summed E-state index contributed by atoms with van der Waals surface area (Å²) < 4.78 is 0. The molecule has 0 saturated carbocycles. The normalized spacial score (nSPS) is 10.9. The minimum Gasteiger partial charge on any atom is -0.0836 e. The molecule has 3 aromatic rings. The molecule has 22 heavy (non-hydrogen) atoms. The van der Waals surface area contributed by atoms with Gasteiger partial charge in [0.2, 0.25) is 0 Å². The standard InChI is InChI=1S/C20H18ClP/c1-15-13-14-19(21)20(16(15)2)22(17-9-5-3-6-10-17)18-11-7-4-8-12-18/h3-14H,1-2H3. The van der Waals surface area contributed by atoms with Crippen molar-refractivity contribution in [1.29, 1.82) is 0 Å². The summed E-state index contributed by atoms with van der Waals surface area (Å²) in [6.07, 6.45) is 0. The molecule has 110 valence electrons. The van der Waals surface area contributed by atoms with E-state index in [-0.39, 0.29) is 0 Å². The van der Waals surface area contributed by atoms with Crippen molar-refractivity contribution in [2.45, 2.75) is 13.8 Å². The Kier molecular flexibility index (Phi) is 4.62. The molecule has 0 radical (unpaired) electrons. The van der Waals surface area contributed by atoms with Crippen molar-refractivity contribution in [2.24, 2.45) is 0 Å². The van der Waals surface area contributed by atoms with Crippen LogP contribution in [0.25, 0.3) is 0 Å². The molecule has 0 unspecified atom stereocenters. The topological polar surface area (TPSA) is 0 Å². The third kappa shape index (κ3) is 2.95. The zero-order valence-corrected chi connectivity index (χ0v) is 14.4. The second-order valence-corrected chi connectivity index (χ2v) is 7.90. The second-order valence-electron chi connectivity index (χ2n) is 5.34. The van der Waals surface area contributed by atoms with Crippen LogP contribution in [0.15, 0.2) is 72.8 Å². The van der Waals surface area contributed by atoms with Gasteiger partial charge in [-0.1, -0.05) is 78.3 Å². The minimum absolute atomic E-state index is 0.636. The van der Waals surface area contributed by atoms with Crippen LogP contribution in [-0.4, -0.2) is 0 Å². The molecule has 2 heteroatoms. The molecule has 0 spiro atoms. The molecule has 0 aromatic heterocycles. The molecule has 0 bridgehead atoms. The van der Waals surface area contributed by atoms with Gasteiger partial charge in [-0.3, -0.25) is 0 Å². The zero-order chi connectivity index (χ0) is 15.5. The molecule has 0 saturated heterocycles. The molecule has 0 heterocycles. The summed E-state index contributed by atoms with van der Waals surface area (Å²) in [7, 11) is -0.636. The Labute approximate surface area is 138 Å². The van der Waals surface area contributed by atoms with Crippen LogP contribution in [0, 0.1) is 13.8 Å². The highest BCUT2D eigenvalue weighted by Gasteiger charge is 2.21. The van der Waals surface area contributed by atoms with Crippen LogP contribution in [0.4, 0.5) is 0 Å². The third-order valence-electron chi connectivity index (χ3n) is 3.90. The summed E-state index contributed by atoms with van der Waals surface area (Å²) in [6.45, 7) is 4.33. The molecule has 0 aliphatic rings. The van der Waals surface area contributed by atoms with Gasteiger partial charge in [0.25, 0.3) is 0 Å². The molecule has 0 aliphatic heterocycles. The molecule has 0 nitrogen and oxygen atoms in total. The number of aryl methyl sites for hydroxylation is 1. The number of hydrogen-bond donors (Lipinski definition) is 0. The van der Waals surface area contributed by atoms with Gasteiger partial charge in [-0.2, -0.15) is 0 Å². The van der Waals surface area contributed by atoms with Crippen molar-refractivity contribution < 1.29 is 0 Å². The Hall–Kier alpha value is -1.62. The van der Waals surface area contributed by atoms with Crippen molar-refractivity contribution in [3.63, 3.8) is 0 Å². The highest BCUT2D eigenvalue weighted by atomic mass is 35.5. The number of halogens is 1. The van der Waals surface area contributed by atoms with Crippen molar-refractivity contribution in [2.75, 3.05) is 0 Å². The van der Waals surface area contributed by atoms with Gasteiger partial charge in [0.05, 0.1) is 0 Å². The summed E-state index contributed by atoms with van der Waals surface area (Å²) in [6, 6.07) is 25.5. The van der Waals surface area contributed by atoms with Crippen LogP contribution < -0.4 is 15.9 Å². The Balaban J connectivity index is 2.26. The summed E-state index contributed by atoms with van der Waals surface area (Å²) in [4.78, 5) is 0. The van der Waals surface area contributed by atoms with E-state index in [1.165, 1.54) is 27.0 Å². The van der Waals surface area contributed by atoms with E-state index in [2.05, 4.69) is 80.6 Å². The van der Waals surface area contributed by atoms with E-state index < -0.39 is 7.92 Å². The molecular weight excluding hydrogens is 307 g/mol. The van der Waals surface area contributed by atoms with Crippen molar-refractivity contribution in [3.05, 3.63) is 88.9 Å². The predicted molar refractivity (Wildman–Crippen MR) is 99.6 cm³/mol. The Morgan fingerprint density at radius 3 is 1.68 bits per heavy atom. The number of rotatable bonds is 3. The van der Waals surface area contributed by atoms with Gasteiger partial charge in [-0.25, -0.2) is 0 Å². The summed E-state index contributed by atoms with van der Waals surface area (Å²) >= 11 is 6.61. The fraction of sp³-hybridized carbons (Fsp3) is 0.100. The SMILES string of the molecule is Cc1ccc(Cl)c(P(c2ccccc2)c2ccccc2)c1C. The van der Waals surface area contributed by atoms with Gasteiger partial charge < -0.3 is 0 Å². The van der Waals surface area contributed by atoms with Crippen LogP contribution in [-0.2, 0) is 0 Å². The van der Waals surface area contributed by atoms with Gasteiger partial charge in [0, 0.05) is 10.3 Å². The highest BCUT2D eigenvalue weighted by Crippen LogP contribution is 2.37. The second kappa shape index (κ2) is 6.65. The molecule has 0 amide bonds. The van der Waals surface area contributed by atoms with E-state index in [0.717, 1.165) is 5.02 Å². The van der Waals surface area contributed by atoms with Crippen LogP contribution >= 0.6 is 19.5 Å². The largest absolute Gasteiger partial charge is 0.0836 e. The van der Waals surface area contributed by atoms with E-state index in [0.29, 0.717) is 0 Å². The fourth-order valence-corrected chi connectivity index (χ4v) is 5.62. The average Bonchev–Trinajstić information content (AvgIpc) is 2.57. The molecule has 0 aliphatic carbocycles. The zero-order valence-electron chi connectivity index (χ0n) is 12.8. The van der Waals surface area contributed by atoms with Gasteiger partial charge in [-0.05, 0) is 49.6 Å². The fourth-order valence-electron chi connectivity index (χ4n) is 2.60. The lowest BCUT2D eigenvalue weighted by Crippen LogP contribution is -2.23. The third-order valence-corrected chi connectivity index (χ3v) is 7.00. The summed E-state index contributed by atoms with van der Waals surface area (Å²) in [5.74, 6) is 0. The minimum atomic E-state index is -0.636. The highest BCUT2D eigenvalue weighted by molar-refractivity contribution is 7.80. The lowest BCUT2D eigenvalue weighted by atomic mass is 10.1. The lowest BCUT2D eigenvalue weighted by Gasteiger charge is -2.23. The summed E-state index contributed by atoms with van der Waals surface area (Å²) in [5, 5.41) is 4.80. The molecule has 3 rings (SSSR count). The van der Waals surface area contributed by atoms with Crippen molar-refractivity contribution in [3.8, 4) is 0 Å². The lowest BCUT2D eigenvalue weighted by molar-refractivity contribution is 1.37. The number of benzene rings is 3. The monoisotopic (exact) mass is 324 g/mol. The maximum atomic E-state index is 6.61. The average molecular weight is 325 g/mol. The van der Waals surface area contributed by atoms with Crippen molar-refractivity contribution in [1.82, 2.24) is 0 Å². The van der Waals surface area contributed by atoms with E-state index in [1.54, 1.807) is 0 Å². The van der Waals surface area contributed by atoms with Crippen molar-refractivity contribution >= 4 is 35.4 Å². The summed E-state index contributed by atoms with van der Waals surface area (Å²) in [5.41, 5.74) is 2.59. The first-order valence-corrected chi connectivity index (χ1v) is 9.06. The van der Waals surface area contributed by atoms with Crippen LogP contribution in [0.5, 0.6) is 0 Å². The van der Waals surface area contributed by atoms with Crippen LogP contribution in [0.3, 0.4) is 0 Å². The van der Waals surface area contributed by atoms with Crippen LogP contribution in [0.1, 0.15) is 11.1 Å². The first kappa shape index (κ1) is 15.3. The van der Waals surface area contributed by atoms with Crippen LogP contribution in [0.2, 0.25) is 5.02 Å². The van der Waals surface area contributed by atoms with Gasteiger partial charge in [-0.15, -0.1) is 0 Å². The Morgan fingerprint density at radius 2 is 1.18 bits per heavy atom. The Bertz CT molecular complexity index is 727. The quantitative estimate of drug-likeness (QED) is 0.612. The first-order valence-electron chi connectivity index (χ1n) is 7.34. The maximum Gasteiger partial charge on any atom is 0.0492 e. The molecule has 0 fully saturated rings.